The predicted octanol–water partition coefficient (Wildman–Crippen LogP) is 3.57. The van der Waals surface area contributed by atoms with Gasteiger partial charge in [0.05, 0.1) is 19.4 Å². The number of benzene rings is 2. The molecule has 30 heavy (non-hydrogen) atoms. The van der Waals surface area contributed by atoms with Crippen LogP contribution in [0.1, 0.15) is 32.5 Å². The molecular weight excluding hydrogens is 382 g/mol. The van der Waals surface area contributed by atoms with E-state index in [0.29, 0.717) is 17.8 Å². The molecule has 0 aliphatic rings. The molecule has 0 unspecified atom stereocenters. The molecule has 0 fully saturated rings. The van der Waals surface area contributed by atoms with Gasteiger partial charge in [0.1, 0.15) is 5.75 Å². The highest BCUT2D eigenvalue weighted by Crippen LogP contribution is 2.22. The maximum atomic E-state index is 12.6. The first-order valence-electron chi connectivity index (χ1n) is 9.51. The number of methoxy groups -OCH3 is 1. The van der Waals surface area contributed by atoms with Gasteiger partial charge in [-0.2, -0.15) is 0 Å². The Bertz CT molecular complexity index is 982. The van der Waals surface area contributed by atoms with Crippen LogP contribution in [0.25, 0.3) is 0 Å². The number of likely N-dealkylation sites (N-methyl/N-ethyl adjacent to an activating group) is 1. The Labute approximate surface area is 175 Å². The number of hydrogen-bond acceptors (Lipinski definition) is 5. The Morgan fingerprint density at radius 2 is 1.80 bits per heavy atom. The van der Waals surface area contributed by atoms with Crippen LogP contribution < -0.4 is 15.4 Å². The van der Waals surface area contributed by atoms with Gasteiger partial charge in [0.25, 0.3) is 11.8 Å². The largest absolute Gasteiger partial charge is 0.497 e. The molecule has 156 valence electrons. The third-order valence-electron chi connectivity index (χ3n) is 4.71. The number of furan rings is 1. The molecule has 2 amide bonds. The van der Waals surface area contributed by atoms with Crippen molar-refractivity contribution in [1.29, 1.82) is 0 Å². The zero-order valence-electron chi connectivity index (χ0n) is 17.2. The quantitative estimate of drug-likeness (QED) is 0.596. The number of ether oxygens (including phenoxy) is 1. The molecule has 0 radical (unpaired) electrons. The van der Waals surface area contributed by atoms with Gasteiger partial charge in [0, 0.05) is 17.8 Å². The summed E-state index contributed by atoms with van der Waals surface area (Å²) in [6, 6.07) is 17.7. The van der Waals surface area contributed by atoms with Crippen molar-refractivity contribution >= 4 is 17.5 Å². The topological polar surface area (TPSA) is 83.8 Å². The maximum absolute atomic E-state index is 12.6. The van der Waals surface area contributed by atoms with Crippen molar-refractivity contribution in [2.75, 3.05) is 33.1 Å². The molecule has 1 heterocycles. The summed E-state index contributed by atoms with van der Waals surface area (Å²) in [6.07, 6.45) is 1.44. The highest BCUT2D eigenvalue weighted by molar-refractivity contribution is 6.02. The second-order valence-electron chi connectivity index (χ2n) is 6.97. The Kier molecular flexibility index (Phi) is 6.87. The van der Waals surface area contributed by atoms with Crippen molar-refractivity contribution in [3.05, 3.63) is 83.8 Å². The fourth-order valence-corrected chi connectivity index (χ4v) is 3.04. The van der Waals surface area contributed by atoms with Crippen LogP contribution in [0.2, 0.25) is 0 Å². The minimum Gasteiger partial charge on any atom is -0.497 e. The molecule has 3 rings (SSSR count). The molecule has 2 N–H and O–H groups in total. The average Bonchev–Trinajstić information content (AvgIpc) is 3.29. The van der Waals surface area contributed by atoms with Crippen molar-refractivity contribution in [2.24, 2.45) is 0 Å². The van der Waals surface area contributed by atoms with Crippen LogP contribution in [0.5, 0.6) is 5.75 Å². The second-order valence-corrected chi connectivity index (χ2v) is 6.97. The van der Waals surface area contributed by atoms with Gasteiger partial charge < -0.3 is 24.7 Å². The third kappa shape index (κ3) is 5.27. The highest BCUT2D eigenvalue weighted by Gasteiger charge is 2.17. The van der Waals surface area contributed by atoms with Gasteiger partial charge >= 0.3 is 0 Å². The molecule has 0 aliphatic heterocycles. The van der Waals surface area contributed by atoms with Crippen molar-refractivity contribution in [2.45, 2.75) is 6.04 Å². The van der Waals surface area contributed by atoms with Crippen molar-refractivity contribution in [1.82, 2.24) is 10.2 Å². The van der Waals surface area contributed by atoms with Crippen LogP contribution >= 0.6 is 0 Å². The summed E-state index contributed by atoms with van der Waals surface area (Å²) < 4.78 is 10.4. The zero-order valence-corrected chi connectivity index (χ0v) is 17.2. The van der Waals surface area contributed by atoms with Crippen LogP contribution in [0.4, 0.5) is 5.69 Å². The molecule has 0 bridgehead atoms. The van der Waals surface area contributed by atoms with Crippen LogP contribution in [0, 0.1) is 0 Å². The Morgan fingerprint density at radius 1 is 1.03 bits per heavy atom. The van der Waals surface area contributed by atoms with Crippen LogP contribution in [-0.2, 0) is 0 Å². The summed E-state index contributed by atoms with van der Waals surface area (Å²) in [5.41, 5.74) is 2.14. The first kappa shape index (κ1) is 21.1. The van der Waals surface area contributed by atoms with E-state index in [1.165, 1.54) is 6.26 Å². The van der Waals surface area contributed by atoms with E-state index in [0.717, 1.165) is 11.3 Å². The van der Waals surface area contributed by atoms with Crippen LogP contribution in [0.15, 0.2) is 71.3 Å². The van der Waals surface area contributed by atoms with Crippen molar-refractivity contribution in [3.63, 3.8) is 0 Å². The summed E-state index contributed by atoms with van der Waals surface area (Å²) in [5.74, 6) is 0.472. The molecule has 7 heteroatoms. The summed E-state index contributed by atoms with van der Waals surface area (Å²) in [5, 5.41) is 5.70. The molecule has 3 aromatic rings. The lowest BCUT2D eigenvalue weighted by Crippen LogP contribution is -2.34. The number of nitrogens with zero attached hydrogens (tertiary/aromatic N) is 1. The fourth-order valence-electron chi connectivity index (χ4n) is 3.04. The van der Waals surface area contributed by atoms with Crippen molar-refractivity contribution < 1.29 is 18.7 Å². The lowest BCUT2D eigenvalue weighted by Gasteiger charge is -2.25. The van der Waals surface area contributed by atoms with Crippen LogP contribution in [0.3, 0.4) is 0 Å². The van der Waals surface area contributed by atoms with Gasteiger partial charge in [-0.25, -0.2) is 0 Å². The number of amides is 2. The monoisotopic (exact) mass is 407 g/mol. The van der Waals surface area contributed by atoms with Crippen molar-refractivity contribution in [3.8, 4) is 5.75 Å². The number of anilines is 1. The lowest BCUT2D eigenvalue weighted by molar-refractivity contribution is 0.0941. The fraction of sp³-hybridized carbons (Fsp3) is 0.217. The summed E-state index contributed by atoms with van der Waals surface area (Å²) in [6.45, 7) is 0.440. The number of rotatable bonds is 8. The minimum absolute atomic E-state index is 0.00379. The smallest absolute Gasteiger partial charge is 0.291 e. The highest BCUT2D eigenvalue weighted by atomic mass is 16.5. The van der Waals surface area contributed by atoms with Gasteiger partial charge in [-0.3, -0.25) is 9.59 Å². The van der Waals surface area contributed by atoms with E-state index < -0.39 is 0 Å². The van der Waals surface area contributed by atoms with Crippen LogP contribution in [-0.4, -0.2) is 44.5 Å². The zero-order chi connectivity index (χ0) is 21.5. The molecule has 1 atom stereocenters. The first-order valence-corrected chi connectivity index (χ1v) is 9.51. The van der Waals surface area contributed by atoms with E-state index >= 15 is 0 Å². The molecule has 0 saturated heterocycles. The Morgan fingerprint density at radius 3 is 2.43 bits per heavy atom. The standard InChI is InChI=1S/C23H25N3O4/c1-26(2)20(17-6-4-7-19(14-17)29-3)15-24-22(27)16-9-11-18(12-10-16)25-23(28)21-8-5-13-30-21/h4-14,20H,15H2,1-3H3,(H,24,27)(H,25,28)/t20-/m0/s1. The third-order valence-corrected chi connectivity index (χ3v) is 4.71. The molecule has 0 saturated carbocycles. The number of hydrogen-bond donors (Lipinski definition) is 2. The predicted molar refractivity (Wildman–Crippen MR) is 115 cm³/mol. The van der Waals surface area contributed by atoms with Gasteiger partial charge in [0.2, 0.25) is 0 Å². The molecule has 7 nitrogen and oxygen atoms in total. The lowest BCUT2D eigenvalue weighted by atomic mass is 10.1. The number of nitrogens with one attached hydrogen (secondary N) is 2. The average molecular weight is 407 g/mol. The van der Waals surface area contributed by atoms with E-state index in [1.54, 1.807) is 43.5 Å². The minimum atomic E-state index is -0.343. The summed E-state index contributed by atoms with van der Waals surface area (Å²) in [4.78, 5) is 26.7. The molecule has 2 aromatic carbocycles. The van der Waals surface area contributed by atoms with Gasteiger partial charge in [-0.15, -0.1) is 0 Å². The van der Waals surface area contributed by atoms with Gasteiger partial charge in [-0.1, -0.05) is 12.1 Å². The SMILES string of the molecule is COc1cccc([C@H](CNC(=O)c2ccc(NC(=O)c3ccco3)cc2)N(C)C)c1. The maximum Gasteiger partial charge on any atom is 0.291 e. The number of carbonyl (C=O) groups excluding carboxylic acids is 2. The Hall–Kier alpha value is -3.58. The number of carbonyl (C=O) groups is 2. The van der Waals surface area contributed by atoms with E-state index in [1.807, 2.05) is 43.3 Å². The van der Waals surface area contributed by atoms with E-state index in [2.05, 4.69) is 10.6 Å². The summed E-state index contributed by atoms with van der Waals surface area (Å²) in [7, 11) is 5.56. The molecular formula is C23H25N3O4. The van der Waals surface area contributed by atoms with E-state index in [4.69, 9.17) is 9.15 Å². The summed E-state index contributed by atoms with van der Waals surface area (Å²) >= 11 is 0. The van der Waals surface area contributed by atoms with E-state index in [-0.39, 0.29) is 23.6 Å². The molecule has 0 aliphatic carbocycles. The van der Waals surface area contributed by atoms with Gasteiger partial charge in [0.15, 0.2) is 5.76 Å². The Balaban J connectivity index is 1.61. The molecule has 0 spiro atoms. The second kappa shape index (κ2) is 9.76. The normalized spacial score (nSPS) is 11.7. The van der Waals surface area contributed by atoms with E-state index in [9.17, 15) is 9.59 Å². The molecule has 1 aromatic heterocycles. The first-order chi connectivity index (χ1) is 14.5. The van der Waals surface area contributed by atoms with Gasteiger partial charge in [-0.05, 0) is 68.2 Å².